The van der Waals surface area contributed by atoms with Gasteiger partial charge in [0, 0.05) is 6.54 Å². The summed E-state index contributed by atoms with van der Waals surface area (Å²) in [5.41, 5.74) is 1.07. The van der Waals surface area contributed by atoms with E-state index in [-0.39, 0.29) is 24.0 Å². The zero-order valence-corrected chi connectivity index (χ0v) is 10.5. The molecule has 4 nitrogen and oxygen atoms in total. The average Bonchev–Trinajstić information content (AvgIpc) is 1.78. The van der Waals surface area contributed by atoms with E-state index in [1.807, 2.05) is 0 Å². The Bertz CT molecular complexity index is 222. The fourth-order valence-corrected chi connectivity index (χ4v) is 0.781. The maximum atomic E-state index is 10.0. The van der Waals surface area contributed by atoms with Crippen LogP contribution in [-0.2, 0) is 10.3 Å². The lowest BCUT2D eigenvalue weighted by atomic mass is 10.5. The van der Waals surface area contributed by atoms with Crippen molar-refractivity contribution in [1.82, 2.24) is 5.32 Å². The molecule has 0 aromatic heterocycles. The molecule has 12 heavy (non-hydrogen) atoms. The first kappa shape index (κ1) is 14.8. The van der Waals surface area contributed by atoms with Crippen LogP contribution in [0, 0.1) is 0 Å². The van der Waals surface area contributed by atoms with Gasteiger partial charge in [-0.2, -0.15) is 8.42 Å². The van der Waals surface area contributed by atoms with E-state index in [4.69, 9.17) is 0 Å². The lowest BCUT2D eigenvalue weighted by molar-refractivity contribution is -0.869. The van der Waals surface area contributed by atoms with Gasteiger partial charge < -0.3 is 28.5 Å². The Kier molecular flexibility index (Phi) is 8.43. The molecule has 0 aliphatic heterocycles. The van der Waals surface area contributed by atoms with Gasteiger partial charge in [-0.05, 0) is 0 Å². The number of quaternary nitrogens is 1. The Morgan fingerprint density at radius 3 is 2.17 bits per heavy atom. The smallest absolute Gasteiger partial charge is 0.224 e. The second-order valence-electron chi connectivity index (χ2n) is 3.35. The Labute approximate surface area is 92.1 Å². The van der Waals surface area contributed by atoms with Gasteiger partial charge in [-0.1, -0.05) is 0 Å². The molecule has 0 heterocycles. The van der Waals surface area contributed by atoms with Gasteiger partial charge in [0.05, 0.1) is 33.2 Å². The van der Waals surface area contributed by atoms with Crippen molar-refractivity contribution >= 4 is 15.8 Å². The van der Waals surface area contributed by atoms with Gasteiger partial charge in [0.25, 0.3) is 0 Å². The average molecular weight is 306 g/mol. The molecule has 0 saturated carbocycles. The fourth-order valence-electron chi connectivity index (χ4n) is 0.527. The van der Waals surface area contributed by atoms with Gasteiger partial charge in [0.2, 0.25) is 10.3 Å². The summed E-state index contributed by atoms with van der Waals surface area (Å²) in [5.74, 6) is 0. The van der Waals surface area contributed by atoms with Crippen molar-refractivity contribution in [1.29, 1.82) is 0 Å². The standard InChI is InChI=1S/C6H15N2O2S.HI/c1-8(2,3)5-4-7-6-11(9)10;/h6-7H,4-5H2,1-3H3;1H/q+1;/p-1. The van der Waals surface area contributed by atoms with Crippen molar-refractivity contribution in [2.45, 2.75) is 0 Å². The molecule has 0 rings (SSSR count). The fraction of sp³-hybridized carbons (Fsp3) is 0.833. The molecule has 0 aliphatic carbocycles. The SMILES string of the molecule is C[N+](C)(C)CCNC=S(=O)=O.[I-]. The highest BCUT2D eigenvalue weighted by molar-refractivity contribution is 7.71. The summed E-state index contributed by atoms with van der Waals surface area (Å²) in [6, 6.07) is 0. The van der Waals surface area contributed by atoms with Crippen LogP contribution in [0.25, 0.3) is 0 Å². The third-order valence-corrected chi connectivity index (χ3v) is 1.47. The van der Waals surface area contributed by atoms with E-state index < -0.39 is 10.3 Å². The maximum absolute atomic E-state index is 10.0. The van der Waals surface area contributed by atoms with Gasteiger partial charge in [0.1, 0.15) is 0 Å². The minimum Gasteiger partial charge on any atom is -1.00 e. The first-order valence-corrected chi connectivity index (χ1v) is 4.51. The second kappa shape index (κ2) is 6.81. The molecule has 0 spiro atoms. The van der Waals surface area contributed by atoms with Crippen LogP contribution in [0.5, 0.6) is 0 Å². The number of rotatable bonds is 4. The van der Waals surface area contributed by atoms with E-state index in [2.05, 4.69) is 26.5 Å². The molecular formula is C6H15IN2O2S. The summed E-state index contributed by atoms with van der Waals surface area (Å²) >= 11 is 0. The Balaban J connectivity index is 0. The summed E-state index contributed by atoms with van der Waals surface area (Å²) in [5, 5.41) is 2.69. The highest BCUT2D eigenvalue weighted by atomic mass is 127. The van der Waals surface area contributed by atoms with Crippen molar-refractivity contribution in [3.63, 3.8) is 0 Å². The summed E-state index contributed by atoms with van der Waals surface area (Å²) < 4.78 is 20.8. The maximum Gasteiger partial charge on any atom is 0.224 e. The first-order chi connectivity index (χ1) is 4.92. The first-order valence-electron chi connectivity index (χ1n) is 3.37. The monoisotopic (exact) mass is 306 g/mol. The molecule has 6 heteroatoms. The van der Waals surface area contributed by atoms with Crippen molar-refractivity contribution in [3.8, 4) is 0 Å². The molecule has 0 atom stereocenters. The minimum atomic E-state index is -2.09. The van der Waals surface area contributed by atoms with E-state index in [1.54, 1.807) is 0 Å². The number of nitrogens with one attached hydrogen (secondary N) is 1. The molecule has 0 radical (unpaired) electrons. The largest absolute Gasteiger partial charge is 1.00 e. The summed E-state index contributed by atoms with van der Waals surface area (Å²) in [6.45, 7) is 1.57. The number of nitrogens with zero attached hydrogens (tertiary/aromatic N) is 1. The van der Waals surface area contributed by atoms with Crippen LogP contribution in [0.2, 0.25) is 0 Å². The molecule has 0 fully saturated rings. The molecule has 0 aliphatic rings. The highest BCUT2D eigenvalue weighted by Gasteiger charge is 2.03. The topological polar surface area (TPSA) is 46.2 Å². The molecule has 0 saturated heterocycles. The zero-order valence-electron chi connectivity index (χ0n) is 7.54. The van der Waals surface area contributed by atoms with E-state index in [9.17, 15) is 8.42 Å². The Morgan fingerprint density at radius 2 is 1.83 bits per heavy atom. The van der Waals surface area contributed by atoms with Crippen LogP contribution in [-0.4, -0.2) is 52.6 Å². The van der Waals surface area contributed by atoms with Crippen LogP contribution in [0.4, 0.5) is 0 Å². The summed E-state index contributed by atoms with van der Waals surface area (Å²) in [4.78, 5) is 0. The van der Waals surface area contributed by atoms with Crippen molar-refractivity contribution in [2.75, 3.05) is 34.2 Å². The molecular weight excluding hydrogens is 291 g/mol. The van der Waals surface area contributed by atoms with E-state index in [0.717, 1.165) is 16.5 Å². The van der Waals surface area contributed by atoms with E-state index >= 15 is 0 Å². The van der Waals surface area contributed by atoms with Gasteiger partial charge in [-0.3, -0.25) is 5.32 Å². The van der Waals surface area contributed by atoms with Gasteiger partial charge in [0.15, 0.2) is 0 Å². The molecule has 0 unspecified atom stereocenters. The van der Waals surface area contributed by atoms with Gasteiger partial charge >= 0.3 is 0 Å². The van der Waals surface area contributed by atoms with Crippen molar-refractivity contribution in [3.05, 3.63) is 0 Å². The summed E-state index contributed by atoms with van der Waals surface area (Å²) in [6.07, 6.45) is 0. The predicted molar refractivity (Wildman–Crippen MR) is 45.9 cm³/mol. The molecule has 0 amide bonds. The summed E-state index contributed by atoms with van der Waals surface area (Å²) in [7, 11) is 4.07. The third-order valence-electron chi connectivity index (χ3n) is 1.11. The third kappa shape index (κ3) is 13.0. The van der Waals surface area contributed by atoms with Crippen LogP contribution in [0.1, 0.15) is 0 Å². The Hall–Kier alpha value is 0.340. The van der Waals surface area contributed by atoms with E-state index in [0.29, 0.717) is 6.54 Å². The molecule has 0 bridgehead atoms. The minimum absolute atomic E-state index is 0. The second-order valence-corrected chi connectivity index (χ2v) is 4.10. The van der Waals surface area contributed by atoms with Crippen LogP contribution < -0.4 is 29.3 Å². The lowest BCUT2D eigenvalue weighted by Gasteiger charge is -2.23. The number of likely N-dealkylation sites (N-methyl/N-ethyl adjacent to an activating group) is 1. The van der Waals surface area contributed by atoms with Crippen LogP contribution in [0.3, 0.4) is 0 Å². The van der Waals surface area contributed by atoms with Crippen LogP contribution in [0.15, 0.2) is 0 Å². The Morgan fingerprint density at radius 1 is 1.33 bits per heavy atom. The van der Waals surface area contributed by atoms with E-state index in [1.165, 1.54) is 0 Å². The quantitative estimate of drug-likeness (QED) is 0.249. The van der Waals surface area contributed by atoms with Crippen LogP contribution >= 0.6 is 0 Å². The van der Waals surface area contributed by atoms with Gasteiger partial charge in [-0.25, -0.2) is 0 Å². The highest BCUT2D eigenvalue weighted by Crippen LogP contribution is 1.85. The molecule has 74 valence electrons. The predicted octanol–water partition coefficient (Wildman–Crippen LogP) is -4.07. The van der Waals surface area contributed by atoms with Crippen molar-refractivity contribution in [2.24, 2.45) is 0 Å². The number of hydrogen-bond acceptors (Lipinski definition) is 2. The molecule has 0 aromatic carbocycles. The number of halogens is 1. The zero-order chi connectivity index (χ0) is 8.91. The molecule has 1 N–H and O–H groups in total. The normalized spacial score (nSPS) is 10.2. The van der Waals surface area contributed by atoms with Crippen molar-refractivity contribution < 1.29 is 36.9 Å². The molecule has 0 aromatic rings. The number of hydrogen-bond donors (Lipinski definition) is 1. The van der Waals surface area contributed by atoms with Gasteiger partial charge in [-0.15, -0.1) is 0 Å². The lowest BCUT2D eigenvalue weighted by Crippen LogP contribution is -3.00.